The van der Waals surface area contributed by atoms with E-state index in [1.165, 1.54) is 12.1 Å². The summed E-state index contributed by atoms with van der Waals surface area (Å²) < 4.78 is 22.4. The molecule has 0 spiro atoms. The molecule has 0 amide bonds. The van der Waals surface area contributed by atoms with Crippen molar-refractivity contribution < 1.29 is 8.42 Å². The zero-order chi connectivity index (χ0) is 9.19. The van der Waals surface area contributed by atoms with Crippen molar-refractivity contribution in [3.05, 3.63) is 24.3 Å². The van der Waals surface area contributed by atoms with E-state index >= 15 is 0 Å². The van der Waals surface area contributed by atoms with Gasteiger partial charge in [0.25, 0.3) is 0 Å². The van der Waals surface area contributed by atoms with Crippen LogP contribution in [0.5, 0.6) is 0 Å². The minimum atomic E-state index is -3.18. The van der Waals surface area contributed by atoms with E-state index < -0.39 is 9.84 Å². The SMILES string of the molecule is Nc1cccc(S(=O)(=O)CBr)c1. The van der Waals surface area contributed by atoms with Crippen LogP contribution in [0.2, 0.25) is 0 Å². The molecule has 0 bridgehead atoms. The first-order chi connectivity index (χ1) is 5.56. The first-order valence-electron chi connectivity index (χ1n) is 3.20. The predicted molar refractivity (Wildman–Crippen MR) is 51.8 cm³/mol. The maximum absolute atomic E-state index is 11.3. The molecule has 0 saturated heterocycles. The van der Waals surface area contributed by atoms with Crippen LogP contribution in [0.4, 0.5) is 5.69 Å². The Morgan fingerprint density at radius 1 is 1.42 bits per heavy atom. The fourth-order valence-corrected chi connectivity index (χ4v) is 2.29. The number of alkyl halides is 1. The highest BCUT2D eigenvalue weighted by molar-refractivity contribution is 9.10. The summed E-state index contributed by atoms with van der Waals surface area (Å²) in [6.07, 6.45) is 0. The van der Waals surface area contributed by atoms with Crippen molar-refractivity contribution in [1.82, 2.24) is 0 Å². The molecule has 0 fully saturated rings. The molecule has 0 heterocycles. The van der Waals surface area contributed by atoms with Crippen LogP contribution in [0.1, 0.15) is 0 Å². The van der Waals surface area contributed by atoms with Gasteiger partial charge in [0, 0.05) is 5.69 Å². The van der Waals surface area contributed by atoms with Gasteiger partial charge >= 0.3 is 0 Å². The van der Waals surface area contributed by atoms with Crippen molar-refractivity contribution in [2.24, 2.45) is 0 Å². The van der Waals surface area contributed by atoms with Crippen LogP contribution in [0, 0.1) is 0 Å². The quantitative estimate of drug-likeness (QED) is 0.637. The number of nitrogens with two attached hydrogens (primary N) is 1. The molecule has 0 aliphatic heterocycles. The third kappa shape index (κ3) is 1.98. The first-order valence-corrected chi connectivity index (χ1v) is 5.98. The number of sulfone groups is 1. The monoisotopic (exact) mass is 249 g/mol. The van der Waals surface area contributed by atoms with Crippen molar-refractivity contribution in [3.63, 3.8) is 0 Å². The molecule has 0 atom stereocenters. The molecular formula is C7H8BrNO2S. The average molecular weight is 250 g/mol. The van der Waals surface area contributed by atoms with E-state index in [9.17, 15) is 8.42 Å². The van der Waals surface area contributed by atoms with Crippen molar-refractivity contribution >= 4 is 31.5 Å². The summed E-state index contributed by atoms with van der Waals surface area (Å²) in [4.78, 5) is 0.249. The van der Waals surface area contributed by atoms with Crippen LogP contribution < -0.4 is 5.73 Å². The zero-order valence-corrected chi connectivity index (χ0v) is 8.60. The van der Waals surface area contributed by atoms with E-state index in [1.54, 1.807) is 12.1 Å². The van der Waals surface area contributed by atoms with Gasteiger partial charge in [-0.2, -0.15) is 0 Å². The van der Waals surface area contributed by atoms with E-state index in [-0.39, 0.29) is 9.56 Å². The van der Waals surface area contributed by atoms with Crippen molar-refractivity contribution in [3.8, 4) is 0 Å². The average Bonchev–Trinajstić information content (AvgIpc) is 2.05. The van der Waals surface area contributed by atoms with Crippen LogP contribution in [0.3, 0.4) is 0 Å². The Morgan fingerprint density at radius 3 is 2.58 bits per heavy atom. The van der Waals surface area contributed by atoms with Gasteiger partial charge in [-0.05, 0) is 18.2 Å². The van der Waals surface area contributed by atoms with Crippen molar-refractivity contribution in [2.45, 2.75) is 4.90 Å². The molecule has 1 rings (SSSR count). The molecule has 2 N–H and O–H groups in total. The van der Waals surface area contributed by atoms with Crippen molar-refractivity contribution in [2.75, 3.05) is 10.4 Å². The smallest absolute Gasteiger partial charge is 0.188 e. The molecule has 0 radical (unpaired) electrons. The van der Waals surface area contributed by atoms with Gasteiger partial charge in [0.05, 0.1) is 4.90 Å². The Balaban J connectivity index is 3.21. The van der Waals surface area contributed by atoms with Gasteiger partial charge in [-0.25, -0.2) is 8.42 Å². The number of rotatable bonds is 2. The molecule has 1 aromatic rings. The number of halogens is 1. The summed E-state index contributed by atoms with van der Waals surface area (Å²) in [5.74, 6) is 0. The van der Waals surface area contributed by atoms with E-state index in [0.29, 0.717) is 5.69 Å². The van der Waals surface area contributed by atoms with E-state index in [2.05, 4.69) is 15.9 Å². The third-order valence-corrected chi connectivity index (χ3v) is 4.43. The third-order valence-electron chi connectivity index (χ3n) is 1.36. The number of benzene rings is 1. The molecule has 12 heavy (non-hydrogen) atoms. The van der Waals surface area contributed by atoms with Gasteiger partial charge in [0.1, 0.15) is 4.66 Å². The molecule has 3 nitrogen and oxygen atoms in total. The largest absolute Gasteiger partial charge is 0.399 e. The number of hydrogen-bond donors (Lipinski definition) is 1. The van der Waals surface area contributed by atoms with Gasteiger partial charge in [0.15, 0.2) is 9.84 Å². The standard InChI is InChI=1S/C7H8BrNO2S/c8-5-12(10,11)7-3-1-2-6(9)4-7/h1-4H,5,9H2. The maximum Gasteiger partial charge on any atom is 0.188 e. The highest BCUT2D eigenvalue weighted by Gasteiger charge is 2.11. The number of hydrogen-bond acceptors (Lipinski definition) is 3. The minimum Gasteiger partial charge on any atom is -0.399 e. The van der Waals surface area contributed by atoms with Crippen LogP contribution in [0.15, 0.2) is 29.2 Å². The summed E-state index contributed by atoms with van der Waals surface area (Å²) >= 11 is 2.90. The molecule has 0 saturated carbocycles. The zero-order valence-electron chi connectivity index (χ0n) is 6.20. The van der Waals surface area contributed by atoms with Gasteiger partial charge in [0.2, 0.25) is 0 Å². The number of anilines is 1. The van der Waals surface area contributed by atoms with E-state index in [1.807, 2.05) is 0 Å². The summed E-state index contributed by atoms with van der Waals surface area (Å²) in [6, 6.07) is 6.22. The summed E-state index contributed by atoms with van der Waals surface area (Å²) in [7, 11) is -3.18. The molecule has 0 unspecified atom stereocenters. The Hall–Kier alpha value is -0.550. The highest BCUT2D eigenvalue weighted by Crippen LogP contribution is 2.15. The first kappa shape index (κ1) is 9.54. The Labute approximate surface area is 79.6 Å². The van der Waals surface area contributed by atoms with Gasteiger partial charge in [-0.15, -0.1) is 0 Å². The Morgan fingerprint density at radius 2 is 2.08 bits per heavy atom. The Kier molecular flexibility index (Phi) is 2.74. The molecule has 0 aromatic heterocycles. The fraction of sp³-hybridized carbons (Fsp3) is 0.143. The minimum absolute atomic E-state index is 0.0799. The summed E-state index contributed by atoms with van der Waals surface area (Å²) in [5, 5.41) is 0. The molecule has 5 heteroatoms. The molecule has 0 aliphatic carbocycles. The Bertz CT molecular complexity index is 375. The summed E-state index contributed by atoms with van der Waals surface area (Å²) in [5.41, 5.74) is 5.89. The lowest BCUT2D eigenvalue weighted by Gasteiger charge is -2.00. The lowest BCUT2D eigenvalue weighted by atomic mass is 10.3. The molecule has 0 aliphatic rings. The molecular weight excluding hydrogens is 242 g/mol. The second-order valence-electron chi connectivity index (χ2n) is 2.30. The maximum atomic E-state index is 11.3. The molecule has 66 valence electrons. The van der Waals surface area contributed by atoms with Gasteiger partial charge < -0.3 is 5.73 Å². The molecule has 1 aromatic carbocycles. The second kappa shape index (κ2) is 3.45. The van der Waals surface area contributed by atoms with Crippen LogP contribution >= 0.6 is 15.9 Å². The summed E-state index contributed by atoms with van der Waals surface area (Å²) in [6.45, 7) is 0. The normalized spacial score (nSPS) is 11.4. The van der Waals surface area contributed by atoms with Crippen LogP contribution in [-0.4, -0.2) is 13.1 Å². The van der Waals surface area contributed by atoms with Crippen LogP contribution in [-0.2, 0) is 9.84 Å². The number of nitrogen functional groups attached to an aromatic ring is 1. The van der Waals surface area contributed by atoms with E-state index in [0.717, 1.165) is 0 Å². The fourth-order valence-electron chi connectivity index (χ4n) is 0.771. The topological polar surface area (TPSA) is 60.2 Å². The predicted octanol–water partition coefficient (Wildman–Crippen LogP) is 1.39. The van der Waals surface area contributed by atoms with Crippen LogP contribution in [0.25, 0.3) is 0 Å². The lowest BCUT2D eigenvalue weighted by Crippen LogP contribution is -2.01. The van der Waals surface area contributed by atoms with Crippen molar-refractivity contribution in [1.29, 1.82) is 0 Å². The van der Waals surface area contributed by atoms with Gasteiger partial charge in [-0.3, -0.25) is 0 Å². The van der Waals surface area contributed by atoms with Gasteiger partial charge in [-0.1, -0.05) is 22.0 Å². The lowest BCUT2D eigenvalue weighted by molar-refractivity contribution is 0.601. The second-order valence-corrected chi connectivity index (χ2v) is 5.59. The highest BCUT2D eigenvalue weighted by atomic mass is 79.9. The van der Waals surface area contributed by atoms with E-state index in [4.69, 9.17) is 5.73 Å².